The summed E-state index contributed by atoms with van der Waals surface area (Å²) in [5, 5.41) is 0.832. The van der Waals surface area contributed by atoms with Crippen LogP contribution in [0.3, 0.4) is 0 Å². The number of hydrogen-bond acceptors (Lipinski definition) is 5. The number of para-hydroxylation sites is 1. The van der Waals surface area contributed by atoms with Crippen LogP contribution in [0, 0.1) is 0 Å². The highest BCUT2D eigenvalue weighted by Crippen LogP contribution is 2.29. The van der Waals surface area contributed by atoms with Gasteiger partial charge in [-0.1, -0.05) is 54.6 Å². The van der Waals surface area contributed by atoms with Gasteiger partial charge in [-0.15, -0.1) is 11.3 Å². The highest BCUT2D eigenvalue weighted by Gasteiger charge is 2.12. The van der Waals surface area contributed by atoms with Crippen molar-refractivity contribution in [2.24, 2.45) is 0 Å². The third kappa shape index (κ3) is 5.58. The first-order valence-corrected chi connectivity index (χ1v) is 11.0. The number of rotatable bonds is 8. The van der Waals surface area contributed by atoms with Crippen molar-refractivity contribution >= 4 is 33.1 Å². The van der Waals surface area contributed by atoms with E-state index in [1.165, 1.54) is 0 Å². The minimum Gasteiger partial charge on any atom is -0.489 e. The second kappa shape index (κ2) is 10.0. The molecule has 0 saturated heterocycles. The lowest BCUT2D eigenvalue weighted by Crippen LogP contribution is -2.02. The molecule has 0 fully saturated rings. The van der Waals surface area contributed by atoms with E-state index in [2.05, 4.69) is 0 Å². The van der Waals surface area contributed by atoms with Crippen LogP contribution in [0.2, 0.25) is 0 Å². The SMILES string of the molecule is CCOC(=O)/C=C(/Cc1ccc(OCc2ccccc2)cc1)c1nc2ccccc2s1. The van der Waals surface area contributed by atoms with Crippen molar-refractivity contribution in [1.29, 1.82) is 0 Å². The normalized spacial score (nSPS) is 11.5. The molecule has 0 atom stereocenters. The molecular formula is C26H23NO3S. The lowest BCUT2D eigenvalue weighted by Gasteiger charge is -2.09. The standard InChI is InChI=1S/C26H23NO3S/c1-2-29-25(28)17-21(26-27-23-10-6-7-11-24(23)31-26)16-19-12-14-22(15-13-19)30-18-20-8-4-3-5-9-20/h3-15,17H,2,16,18H2,1H3/b21-17-. The Morgan fingerprint density at radius 1 is 0.935 bits per heavy atom. The zero-order valence-corrected chi connectivity index (χ0v) is 18.1. The lowest BCUT2D eigenvalue weighted by molar-refractivity contribution is -0.137. The van der Waals surface area contributed by atoms with Crippen LogP contribution in [0.5, 0.6) is 5.75 Å². The molecule has 4 rings (SSSR count). The minimum absolute atomic E-state index is 0.343. The van der Waals surface area contributed by atoms with Gasteiger partial charge in [-0.3, -0.25) is 0 Å². The topological polar surface area (TPSA) is 48.4 Å². The Bertz CT molecular complexity index is 1150. The number of nitrogens with zero attached hydrogens (tertiary/aromatic N) is 1. The first-order chi connectivity index (χ1) is 15.2. The predicted octanol–water partition coefficient (Wildman–Crippen LogP) is 6.06. The van der Waals surface area contributed by atoms with Crippen molar-refractivity contribution in [3.8, 4) is 5.75 Å². The van der Waals surface area contributed by atoms with Crippen LogP contribution in [-0.2, 0) is 22.6 Å². The Labute approximate surface area is 185 Å². The number of esters is 1. The van der Waals surface area contributed by atoms with Crippen molar-refractivity contribution in [3.05, 3.63) is 101 Å². The molecule has 0 bridgehead atoms. The van der Waals surface area contributed by atoms with Crippen LogP contribution in [0.1, 0.15) is 23.1 Å². The van der Waals surface area contributed by atoms with Gasteiger partial charge in [0.2, 0.25) is 0 Å². The Balaban J connectivity index is 1.51. The molecular weight excluding hydrogens is 406 g/mol. The molecule has 0 unspecified atom stereocenters. The highest BCUT2D eigenvalue weighted by molar-refractivity contribution is 7.19. The maximum absolute atomic E-state index is 12.2. The monoisotopic (exact) mass is 429 g/mol. The molecule has 1 heterocycles. The van der Waals surface area contributed by atoms with E-state index in [9.17, 15) is 4.79 Å². The zero-order chi connectivity index (χ0) is 21.5. The van der Waals surface area contributed by atoms with E-state index in [-0.39, 0.29) is 5.97 Å². The fraction of sp³-hybridized carbons (Fsp3) is 0.154. The molecule has 0 aliphatic heterocycles. The van der Waals surface area contributed by atoms with Gasteiger partial charge in [-0.2, -0.15) is 0 Å². The fourth-order valence-electron chi connectivity index (χ4n) is 3.19. The highest BCUT2D eigenvalue weighted by atomic mass is 32.1. The average Bonchev–Trinajstić information content (AvgIpc) is 3.23. The molecule has 4 nitrogen and oxygen atoms in total. The molecule has 4 aromatic rings. The first-order valence-electron chi connectivity index (χ1n) is 10.2. The van der Waals surface area contributed by atoms with Crippen LogP contribution in [-0.4, -0.2) is 17.6 Å². The Morgan fingerprint density at radius 3 is 2.42 bits per heavy atom. The van der Waals surface area contributed by atoms with Crippen molar-refractivity contribution < 1.29 is 14.3 Å². The summed E-state index contributed by atoms with van der Waals surface area (Å²) < 4.78 is 12.1. The van der Waals surface area contributed by atoms with Gasteiger partial charge in [-0.05, 0) is 47.9 Å². The van der Waals surface area contributed by atoms with Gasteiger partial charge in [0.25, 0.3) is 0 Å². The van der Waals surface area contributed by atoms with E-state index in [0.717, 1.165) is 37.7 Å². The third-order valence-electron chi connectivity index (χ3n) is 4.71. The van der Waals surface area contributed by atoms with Gasteiger partial charge < -0.3 is 9.47 Å². The fourth-order valence-corrected chi connectivity index (χ4v) is 4.17. The summed E-state index contributed by atoms with van der Waals surface area (Å²) in [6, 6.07) is 26.0. The molecule has 0 radical (unpaired) electrons. The number of allylic oxidation sites excluding steroid dienone is 1. The summed E-state index contributed by atoms with van der Waals surface area (Å²) in [5.74, 6) is 0.461. The molecule has 3 aromatic carbocycles. The summed E-state index contributed by atoms with van der Waals surface area (Å²) in [5.41, 5.74) is 3.98. The Hall–Kier alpha value is -3.44. The van der Waals surface area contributed by atoms with E-state index >= 15 is 0 Å². The van der Waals surface area contributed by atoms with Gasteiger partial charge in [-0.25, -0.2) is 9.78 Å². The molecule has 156 valence electrons. The second-order valence-corrected chi connectivity index (χ2v) is 8.03. The van der Waals surface area contributed by atoms with Gasteiger partial charge in [0.05, 0.1) is 16.8 Å². The second-order valence-electron chi connectivity index (χ2n) is 7.00. The number of fused-ring (bicyclic) bond motifs is 1. The van der Waals surface area contributed by atoms with Gasteiger partial charge >= 0.3 is 5.97 Å². The van der Waals surface area contributed by atoms with Gasteiger partial charge in [0.1, 0.15) is 17.4 Å². The molecule has 31 heavy (non-hydrogen) atoms. The molecule has 0 aliphatic carbocycles. The van der Waals surface area contributed by atoms with Crippen LogP contribution in [0.25, 0.3) is 15.8 Å². The number of hydrogen-bond donors (Lipinski definition) is 0. The molecule has 0 spiro atoms. The number of aromatic nitrogens is 1. The van der Waals surface area contributed by atoms with E-state index in [1.807, 2.05) is 78.9 Å². The third-order valence-corrected chi connectivity index (χ3v) is 5.83. The number of carbonyl (C=O) groups is 1. The number of benzene rings is 3. The van der Waals surface area contributed by atoms with E-state index < -0.39 is 0 Å². The predicted molar refractivity (Wildman–Crippen MR) is 125 cm³/mol. The van der Waals surface area contributed by atoms with E-state index in [1.54, 1.807) is 24.3 Å². The van der Waals surface area contributed by atoms with Crippen molar-refractivity contribution in [1.82, 2.24) is 4.98 Å². The maximum atomic E-state index is 12.2. The molecule has 0 aliphatic rings. The number of thiazole rings is 1. The largest absolute Gasteiger partial charge is 0.489 e. The summed E-state index contributed by atoms with van der Waals surface area (Å²) in [6.45, 7) is 2.67. The molecule has 0 N–H and O–H groups in total. The molecule has 5 heteroatoms. The Morgan fingerprint density at radius 2 is 1.68 bits per heavy atom. The van der Waals surface area contributed by atoms with Crippen molar-refractivity contribution in [2.75, 3.05) is 6.61 Å². The molecule has 1 aromatic heterocycles. The number of ether oxygens (including phenoxy) is 2. The van der Waals surface area contributed by atoms with Crippen molar-refractivity contribution in [2.45, 2.75) is 20.0 Å². The summed E-state index contributed by atoms with van der Waals surface area (Å²) in [7, 11) is 0. The molecule has 0 amide bonds. The quantitative estimate of drug-likeness (QED) is 0.252. The van der Waals surface area contributed by atoms with Crippen LogP contribution >= 0.6 is 11.3 Å². The van der Waals surface area contributed by atoms with Crippen LogP contribution in [0.4, 0.5) is 0 Å². The lowest BCUT2D eigenvalue weighted by atomic mass is 10.0. The molecule has 0 saturated carbocycles. The van der Waals surface area contributed by atoms with Gasteiger partial charge in [0.15, 0.2) is 0 Å². The smallest absolute Gasteiger partial charge is 0.331 e. The average molecular weight is 430 g/mol. The van der Waals surface area contributed by atoms with Crippen LogP contribution < -0.4 is 4.74 Å². The van der Waals surface area contributed by atoms with Gasteiger partial charge in [0, 0.05) is 12.5 Å². The summed E-state index contributed by atoms with van der Waals surface area (Å²) >= 11 is 1.58. The number of carbonyl (C=O) groups excluding carboxylic acids is 1. The first kappa shape index (κ1) is 20.8. The van der Waals surface area contributed by atoms with Crippen molar-refractivity contribution in [3.63, 3.8) is 0 Å². The minimum atomic E-state index is -0.348. The van der Waals surface area contributed by atoms with Crippen LogP contribution in [0.15, 0.2) is 84.9 Å². The van der Waals surface area contributed by atoms with E-state index in [4.69, 9.17) is 14.5 Å². The summed E-state index contributed by atoms with van der Waals surface area (Å²) in [6.07, 6.45) is 2.14. The van der Waals surface area contributed by atoms with E-state index in [0.29, 0.717) is 19.6 Å². The zero-order valence-electron chi connectivity index (χ0n) is 17.3. The Kier molecular flexibility index (Phi) is 6.75. The summed E-state index contributed by atoms with van der Waals surface area (Å²) in [4.78, 5) is 16.9. The maximum Gasteiger partial charge on any atom is 0.331 e.